The highest BCUT2D eigenvalue weighted by molar-refractivity contribution is 7.92. The number of amides is 1. The second kappa shape index (κ2) is 9.67. The molecule has 3 rings (SSSR count). The fraction of sp³-hybridized carbons (Fsp3) is 0.409. The lowest BCUT2D eigenvalue weighted by Crippen LogP contribution is -2.47. The van der Waals surface area contributed by atoms with Gasteiger partial charge in [0.2, 0.25) is 15.9 Å². The third kappa shape index (κ3) is 5.28. The first-order valence-corrected chi connectivity index (χ1v) is 13.2. The molecule has 1 heterocycles. The minimum Gasteiger partial charge on any atom is -0.487 e. The van der Waals surface area contributed by atoms with Crippen molar-refractivity contribution in [2.45, 2.75) is 44.8 Å². The van der Waals surface area contributed by atoms with Crippen LogP contribution in [0.25, 0.3) is 0 Å². The third-order valence-corrected chi connectivity index (χ3v) is 7.92. The van der Waals surface area contributed by atoms with Crippen molar-refractivity contribution in [2.24, 2.45) is 0 Å². The summed E-state index contributed by atoms with van der Waals surface area (Å²) in [6.07, 6.45) is 3.13. The molecule has 0 bridgehead atoms. The second-order valence-electron chi connectivity index (χ2n) is 7.84. The first-order valence-electron chi connectivity index (χ1n) is 10.2. The first kappa shape index (κ1) is 25.0. The molecule has 1 atom stereocenters. The molecule has 6 nitrogen and oxygen atoms in total. The van der Waals surface area contributed by atoms with E-state index >= 15 is 0 Å². The summed E-state index contributed by atoms with van der Waals surface area (Å²) in [6.45, 7) is 3.64. The molecule has 1 aliphatic rings. The molecule has 1 amide bonds. The average molecular weight is 520 g/mol. The quantitative estimate of drug-likeness (QED) is 0.482. The normalized spacial score (nSPS) is 17.2. The number of hydrogen-bond acceptors (Lipinski definition) is 4. The van der Waals surface area contributed by atoms with Crippen molar-refractivity contribution in [1.29, 1.82) is 0 Å². The van der Waals surface area contributed by atoms with Crippen molar-refractivity contribution in [3.05, 3.63) is 57.0 Å². The summed E-state index contributed by atoms with van der Waals surface area (Å²) in [5.41, 5.74) is 0.537. The number of halogens is 3. The van der Waals surface area contributed by atoms with Gasteiger partial charge in [0.25, 0.3) is 0 Å². The van der Waals surface area contributed by atoms with Gasteiger partial charge in [-0.2, -0.15) is 0 Å². The van der Waals surface area contributed by atoms with Crippen LogP contribution in [0.5, 0.6) is 5.75 Å². The lowest BCUT2D eigenvalue weighted by Gasteiger charge is -2.41. The van der Waals surface area contributed by atoms with E-state index in [2.05, 4.69) is 5.32 Å². The zero-order valence-corrected chi connectivity index (χ0v) is 21.1. The lowest BCUT2D eigenvalue weighted by molar-refractivity contribution is -0.121. The topological polar surface area (TPSA) is 75.7 Å². The van der Waals surface area contributed by atoms with Crippen LogP contribution in [0.2, 0.25) is 15.1 Å². The van der Waals surface area contributed by atoms with Gasteiger partial charge in [-0.3, -0.25) is 9.10 Å². The Balaban J connectivity index is 1.89. The summed E-state index contributed by atoms with van der Waals surface area (Å²) in [5, 5.41) is 3.38. The number of ether oxygens (including phenoxy) is 1. The highest BCUT2D eigenvalue weighted by Crippen LogP contribution is 2.42. The lowest BCUT2D eigenvalue weighted by atomic mass is 9.83. The molecular weight excluding hydrogens is 495 g/mol. The molecule has 0 saturated carbocycles. The zero-order valence-electron chi connectivity index (χ0n) is 18.0. The van der Waals surface area contributed by atoms with Crippen LogP contribution in [-0.2, 0) is 14.8 Å². The molecule has 1 aliphatic heterocycles. The van der Waals surface area contributed by atoms with Gasteiger partial charge in [0, 0.05) is 12.0 Å². The number of anilines is 1. The van der Waals surface area contributed by atoms with Crippen LogP contribution >= 0.6 is 34.8 Å². The van der Waals surface area contributed by atoms with E-state index in [1.807, 2.05) is 38.1 Å². The number of sulfonamides is 1. The minimum absolute atomic E-state index is 0.0741. The van der Waals surface area contributed by atoms with Gasteiger partial charge in [0.05, 0.1) is 33.1 Å². The summed E-state index contributed by atoms with van der Waals surface area (Å²) in [5.74, 6) is 0.251. The number of rotatable bonds is 7. The Bertz CT molecular complexity index is 1120. The van der Waals surface area contributed by atoms with Crippen molar-refractivity contribution >= 4 is 56.4 Å². The van der Waals surface area contributed by atoms with Gasteiger partial charge in [-0.05, 0) is 31.0 Å². The standard InChI is InChI=1S/C22H25Cl3N2O4S/c1-4-22(5-2)12-18(14-8-6-7-9-20(14)31-22)26-21(28)13-27(32(3,29)30)19-11-16(24)15(23)10-17(19)25/h6-11,18H,4-5,12-13H2,1-3H3,(H,26,28)/t18-/m1/s1. The number of benzene rings is 2. The largest absolute Gasteiger partial charge is 0.487 e. The molecule has 174 valence electrons. The molecule has 32 heavy (non-hydrogen) atoms. The monoisotopic (exact) mass is 518 g/mol. The third-order valence-electron chi connectivity index (χ3n) is 5.77. The van der Waals surface area contributed by atoms with Crippen LogP contribution < -0.4 is 14.4 Å². The van der Waals surface area contributed by atoms with Crippen LogP contribution in [0, 0.1) is 0 Å². The van der Waals surface area contributed by atoms with Crippen LogP contribution in [0.4, 0.5) is 5.69 Å². The predicted molar refractivity (Wildman–Crippen MR) is 130 cm³/mol. The molecule has 2 aromatic carbocycles. The van der Waals surface area contributed by atoms with Crippen molar-refractivity contribution in [3.63, 3.8) is 0 Å². The Morgan fingerprint density at radius 3 is 2.38 bits per heavy atom. The van der Waals surface area contributed by atoms with Gasteiger partial charge < -0.3 is 10.1 Å². The molecule has 0 aliphatic carbocycles. The van der Waals surface area contributed by atoms with E-state index in [9.17, 15) is 13.2 Å². The Morgan fingerprint density at radius 2 is 1.75 bits per heavy atom. The summed E-state index contributed by atoms with van der Waals surface area (Å²) >= 11 is 18.3. The smallest absolute Gasteiger partial charge is 0.241 e. The molecular formula is C22H25Cl3N2O4S. The van der Waals surface area contributed by atoms with E-state index in [1.165, 1.54) is 12.1 Å². The predicted octanol–water partition coefficient (Wildman–Crippen LogP) is 5.61. The Labute approximate surface area is 203 Å². The van der Waals surface area contributed by atoms with Crippen LogP contribution in [0.15, 0.2) is 36.4 Å². The van der Waals surface area contributed by atoms with Crippen LogP contribution in [-0.4, -0.2) is 32.7 Å². The fourth-order valence-electron chi connectivity index (χ4n) is 3.88. The number of carbonyl (C=O) groups is 1. The molecule has 0 aromatic heterocycles. The maximum Gasteiger partial charge on any atom is 0.241 e. The summed E-state index contributed by atoms with van der Waals surface area (Å²) in [6, 6.07) is 9.91. The Morgan fingerprint density at radius 1 is 1.12 bits per heavy atom. The summed E-state index contributed by atoms with van der Waals surface area (Å²) in [7, 11) is -3.84. The molecule has 0 fully saturated rings. The number of nitrogens with one attached hydrogen (secondary N) is 1. The van der Waals surface area contributed by atoms with E-state index in [-0.39, 0.29) is 26.8 Å². The molecule has 0 saturated heterocycles. The number of carbonyl (C=O) groups excluding carboxylic acids is 1. The van der Waals surface area contributed by atoms with Gasteiger partial charge >= 0.3 is 0 Å². The SMILES string of the molecule is CCC1(CC)C[C@@H](NC(=O)CN(c2cc(Cl)c(Cl)cc2Cl)S(C)(=O)=O)c2ccccc2O1. The number of para-hydroxylation sites is 1. The van der Waals surface area contributed by atoms with Crippen LogP contribution in [0.1, 0.15) is 44.7 Å². The Kier molecular flexibility index (Phi) is 7.55. The molecule has 1 N–H and O–H groups in total. The summed E-state index contributed by atoms with van der Waals surface area (Å²) in [4.78, 5) is 13.0. The van der Waals surface area contributed by atoms with E-state index in [0.717, 1.165) is 34.7 Å². The highest BCUT2D eigenvalue weighted by atomic mass is 35.5. The second-order valence-corrected chi connectivity index (χ2v) is 11.0. The first-order chi connectivity index (χ1) is 15.0. The van der Waals surface area contributed by atoms with Crippen molar-refractivity contribution < 1.29 is 17.9 Å². The van der Waals surface area contributed by atoms with Gasteiger partial charge in [-0.1, -0.05) is 66.8 Å². The zero-order chi connectivity index (χ0) is 23.7. The Hall–Kier alpha value is -1.67. The maximum atomic E-state index is 13.0. The highest BCUT2D eigenvalue weighted by Gasteiger charge is 2.39. The molecule has 0 spiro atoms. The van der Waals surface area contributed by atoms with E-state index < -0.39 is 28.1 Å². The van der Waals surface area contributed by atoms with Crippen molar-refractivity contribution in [3.8, 4) is 5.75 Å². The van der Waals surface area contributed by atoms with Gasteiger partial charge in [0.1, 0.15) is 17.9 Å². The average Bonchev–Trinajstić information content (AvgIpc) is 2.74. The molecule has 0 radical (unpaired) electrons. The minimum atomic E-state index is -3.84. The van der Waals surface area contributed by atoms with Gasteiger partial charge in [-0.15, -0.1) is 0 Å². The number of hydrogen-bond donors (Lipinski definition) is 1. The van der Waals surface area contributed by atoms with E-state index in [1.54, 1.807) is 0 Å². The maximum absolute atomic E-state index is 13.0. The number of fused-ring (bicyclic) bond motifs is 1. The van der Waals surface area contributed by atoms with Crippen molar-refractivity contribution in [2.75, 3.05) is 17.1 Å². The van der Waals surface area contributed by atoms with Crippen molar-refractivity contribution in [1.82, 2.24) is 5.32 Å². The number of nitrogens with zero attached hydrogens (tertiary/aromatic N) is 1. The summed E-state index contributed by atoms with van der Waals surface area (Å²) < 4.78 is 32.2. The molecule has 2 aromatic rings. The van der Waals surface area contributed by atoms with Gasteiger partial charge in [-0.25, -0.2) is 8.42 Å². The van der Waals surface area contributed by atoms with Gasteiger partial charge in [0.15, 0.2) is 0 Å². The fourth-order valence-corrected chi connectivity index (χ4v) is 5.44. The molecule has 10 heteroatoms. The molecule has 0 unspecified atom stereocenters. The van der Waals surface area contributed by atoms with Crippen LogP contribution in [0.3, 0.4) is 0 Å². The van der Waals surface area contributed by atoms with E-state index in [0.29, 0.717) is 6.42 Å². The van der Waals surface area contributed by atoms with E-state index in [4.69, 9.17) is 39.5 Å².